The van der Waals surface area contributed by atoms with Gasteiger partial charge in [0.05, 0.1) is 5.75 Å². The third-order valence-electron chi connectivity index (χ3n) is 3.06. The molecule has 0 aliphatic rings. The summed E-state index contributed by atoms with van der Waals surface area (Å²) in [6, 6.07) is 0. The van der Waals surface area contributed by atoms with Crippen molar-refractivity contribution in [2.24, 2.45) is 5.41 Å². The quantitative estimate of drug-likeness (QED) is 0.555. The predicted octanol–water partition coefficient (Wildman–Crippen LogP) is 3.67. The lowest BCUT2D eigenvalue weighted by molar-refractivity contribution is -0.133. The Hall–Kier alpha value is -0.970. The molecule has 4 nitrogen and oxygen atoms in total. The molecule has 0 fully saturated rings. The maximum Gasteiger partial charge on any atom is 0.313 e. The Labute approximate surface area is 119 Å². The van der Waals surface area contributed by atoms with Crippen LogP contribution in [-0.2, 0) is 11.3 Å². The van der Waals surface area contributed by atoms with Crippen LogP contribution in [-0.4, -0.2) is 26.4 Å². The van der Waals surface area contributed by atoms with Crippen molar-refractivity contribution in [3.05, 3.63) is 12.4 Å². The standard InChI is InChI=1S/C14H24N2O2S/c1-4-5-6-7-14(2,3)11-16-9-8-15-13(16)19-10-12(17)18/h8-9H,4-7,10-11H2,1-3H3,(H,17,18). The molecule has 0 unspecified atom stereocenters. The van der Waals surface area contributed by atoms with Crippen LogP contribution in [0.1, 0.15) is 46.5 Å². The fourth-order valence-corrected chi connectivity index (χ4v) is 2.76. The van der Waals surface area contributed by atoms with Crippen LogP contribution in [0.3, 0.4) is 0 Å². The number of carbonyl (C=O) groups is 1. The van der Waals surface area contributed by atoms with Gasteiger partial charge in [0.2, 0.25) is 0 Å². The van der Waals surface area contributed by atoms with E-state index < -0.39 is 5.97 Å². The Morgan fingerprint density at radius 2 is 2.21 bits per heavy atom. The Morgan fingerprint density at radius 1 is 1.47 bits per heavy atom. The van der Waals surface area contributed by atoms with Crippen LogP contribution in [0.2, 0.25) is 0 Å². The Kier molecular flexibility index (Phi) is 6.42. The molecule has 0 aromatic carbocycles. The predicted molar refractivity (Wildman–Crippen MR) is 78.5 cm³/mol. The second kappa shape index (κ2) is 7.58. The number of carboxylic acids is 1. The topological polar surface area (TPSA) is 55.1 Å². The summed E-state index contributed by atoms with van der Waals surface area (Å²) in [4.78, 5) is 14.8. The summed E-state index contributed by atoms with van der Waals surface area (Å²) >= 11 is 1.28. The van der Waals surface area contributed by atoms with E-state index in [1.54, 1.807) is 6.20 Å². The summed E-state index contributed by atoms with van der Waals surface area (Å²) in [5.74, 6) is -0.741. The zero-order valence-electron chi connectivity index (χ0n) is 12.1. The van der Waals surface area contributed by atoms with E-state index in [0.29, 0.717) is 0 Å². The molecule has 108 valence electrons. The molecule has 0 bridgehead atoms. The Balaban J connectivity index is 2.55. The average Bonchev–Trinajstić information content (AvgIpc) is 2.73. The highest BCUT2D eigenvalue weighted by Crippen LogP contribution is 2.28. The van der Waals surface area contributed by atoms with E-state index in [0.717, 1.165) is 11.7 Å². The molecule has 1 aromatic rings. The molecular formula is C14H24N2O2S. The van der Waals surface area contributed by atoms with Gasteiger partial charge in [0.1, 0.15) is 0 Å². The SMILES string of the molecule is CCCCCC(C)(C)Cn1ccnc1SCC(=O)O. The zero-order valence-corrected chi connectivity index (χ0v) is 12.9. The van der Waals surface area contributed by atoms with Gasteiger partial charge in [0, 0.05) is 18.9 Å². The number of imidazole rings is 1. The fourth-order valence-electron chi connectivity index (χ4n) is 2.08. The zero-order chi connectivity index (χ0) is 14.3. The van der Waals surface area contributed by atoms with Gasteiger partial charge in [-0.15, -0.1) is 0 Å². The fraction of sp³-hybridized carbons (Fsp3) is 0.714. The second-order valence-electron chi connectivity index (χ2n) is 5.64. The molecule has 0 spiro atoms. The summed E-state index contributed by atoms with van der Waals surface area (Å²) < 4.78 is 2.07. The minimum absolute atomic E-state index is 0.0628. The summed E-state index contributed by atoms with van der Waals surface area (Å²) in [5, 5.41) is 9.52. The summed E-state index contributed by atoms with van der Waals surface area (Å²) in [7, 11) is 0. The monoisotopic (exact) mass is 284 g/mol. The minimum Gasteiger partial charge on any atom is -0.481 e. The molecule has 0 amide bonds. The number of nitrogens with zero attached hydrogens (tertiary/aromatic N) is 2. The van der Waals surface area contributed by atoms with Crippen molar-refractivity contribution in [2.75, 3.05) is 5.75 Å². The van der Waals surface area contributed by atoms with Gasteiger partial charge in [-0.2, -0.15) is 0 Å². The molecule has 0 aliphatic carbocycles. The molecule has 1 aromatic heterocycles. The van der Waals surface area contributed by atoms with Crippen molar-refractivity contribution in [3.8, 4) is 0 Å². The molecule has 1 N–H and O–H groups in total. The van der Waals surface area contributed by atoms with Crippen LogP contribution < -0.4 is 0 Å². The molecule has 1 heterocycles. The van der Waals surface area contributed by atoms with Crippen molar-refractivity contribution >= 4 is 17.7 Å². The van der Waals surface area contributed by atoms with Crippen LogP contribution in [0, 0.1) is 5.41 Å². The molecular weight excluding hydrogens is 260 g/mol. The first-order valence-corrected chi connectivity index (χ1v) is 7.79. The maximum absolute atomic E-state index is 10.6. The smallest absolute Gasteiger partial charge is 0.313 e. The maximum atomic E-state index is 10.6. The van der Waals surface area contributed by atoms with E-state index in [1.165, 1.54) is 37.4 Å². The first-order chi connectivity index (χ1) is 8.94. The number of hydrogen-bond acceptors (Lipinski definition) is 3. The van der Waals surface area contributed by atoms with E-state index in [1.807, 2.05) is 6.20 Å². The number of unbranched alkanes of at least 4 members (excludes halogenated alkanes) is 2. The molecule has 19 heavy (non-hydrogen) atoms. The summed E-state index contributed by atoms with van der Waals surface area (Å²) in [5.41, 5.74) is 0.217. The van der Waals surface area contributed by atoms with Gasteiger partial charge in [-0.25, -0.2) is 4.98 Å². The molecule has 0 atom stereocenters. The Bertz CT molecular complexity index is 402. The van der Waals surface area contributed by atoms with Crippen LogP contribution >= 0.6 is 11.8 Å². The lowest BCUT2D eigenvalue weighted by Gasteiger charge is -2.25. The van der Waals surface area contributed by atoms with E-state index in [9.17, 15) is 4.79 Å². The van der Waals surface area contributed by atoms with E-state index in [-0.39, 0.29) is 11.2 Å². The number of hydrogen-bond donors (Lipinski definition) is 1. The van der Waals surface area contributed by atoms with Gasteiger partial charge in [-0.1, -0.05) is 51.8 Å². The first kappa shape index (κ1) is 16.1. The van der Waals surface area contributed by atoms with Gasteiger partial charge in [-0.3, -0.25) is 4.79 Å². The van der Waals surface area contributed by atoms with E-state index in [4.69, 9.17) is 5.11 Å². The van der Waals surface area contributed by atoms with Crippen molar-refractivity contribution in [2.45, 2.75) is 58.2 Å². The van der Waals surface area contributed by atoms with Crippen LogP contribution in [0.5, 0.6) is 0 Å². The highest BCUT2D eigenvalue weighted by molar-refractivity contribution is 7.99. The van der Waals surface area contributed by atoms with Gasteiger partial charge in [0.25, 0.3) is 0 Å². The molecule has 0 saturated heterocycles. The number of rotatable bonds is 9. The summed E-state index contributed by atoms with van der Waals surface area (Å²) in [6.07, 6.45) is 8.62. The van der Waals surface area contributed by atoms with Crippen LogP contribution in [0.25, 0.3) is 0 Å². The molecule has 1 rings (SSSR count). The van der Waals surface area contributed by atoms with Crippen molar-refractivity contribution in [1.29, 1.82) is 0 Å². The summed E-state index contributed by atoms with van der Waals surface area (Å²) in [6.45, 7) is 7.62. The van der Waals surface area contributed by atoms with Gasteiger partial charge >= 0.3 is 5.97 Å². The molecule has 0 radical (unpaired) electrons. The van der Waals surface area contributed by atoms with Crippen molar-refractivity contribution in [3.63, 3.8) is 0 Å². The number of aromatic nitrogens is 2. The van der Waals surface area contributed by atoms with Crippen molar-refractivity contribution < 1.29 is 9.90 Å². The average molecular weight is 284 g/mol. The van der Waals surface area contributed by atoms with Crippen LogP contribution in [0.15, 0.2) is 17.6 Å². The third kappa shape index (κ3) is 6.14. The van der Waals surface area contributed by atoms with Crippen LogP contribution in [0.4, 0.5) is 0 Å². The largest absolute Gasteiger partial charge is 0.481 e. The van der Waals surface area contributed by atoms with E-state index >= 15 is 0 Å². The lowest BCUT2D eigenvalue weighted by Crippen LogP contribution is -2.20. The van der Waals surface area contributed by atoms with Gasteiger partial charge in [-0.05, 0) is 11.8 Å². The van der Waals surface area contributed by atoms with Gasteiger partial charge in [0.15, 0.2) is 5.16 Å². The minimum atomic E-state index is -0.804. The lowest BCUT2D eigenvalue weighted by atomic mass is 9.87. The van der Waals surface area contributed by atoms with E-state index in [2.05, 4.69) is 30.3 Å². The molecule has 0 aliphatic heterocycles. The van der Waals surface area contributed by atoms with Gasteiger partial charge < -0.3 is 9.67 Å². The second-order valence-corrected chi connectivity index (χ2v) is 6.58. The van der Waals surface area contributed by atoms with Crippen molar-refractivity contribution in [1.82, 2.24) is 9.55 Å². The molecule has 5 heteroatoms. The number of aliphatic carboxylic acids is 1. The Morgan fingerprint density at radius 3 is 2.84 bits per heavy atom. The normalized spacial score (nSPS) is 11.7. The highest BCUT2D eigenvalue weighted by atomic mass is 32.2. The number of thioether (sulfide) groups is 1. The number of carboxylic acid groups (broad SMARTS) is 1. The third-order valence-corrected chi connectivity index (χ3v) is 4.05. The first-order valence-electron chi connectivity index (χ1n) is 6.80. The highest BCUT2D eigenvalue weighted by Gasteiger charge is 2.19. The molecule has 0 saturated carbocycles.